The molecule has 1 aliphatic rings. The van der Waals surface area contributed by atoms with E-state index in [2.05, 4.69) is 0 Å². The minimum Gasteiger partial charge on any atom is -0.481 e. The summed E-state index contributed by atoms with van der Waals surface area (Å²) in [6, 6.07) is 0. The summed E-state index contributed by atoms with van der Waals surface area (Å²) in [6.45, 7) is 0. The molecule has 1 aliphatic carbocycles. The van der Waals surface area contributed by atoms with Gasteiger partial charge < -0.3 is 5.11 Å². The van der Waals surface area contributed by atoms with Gasteiger partial charge in [0.2, 0.25) is 0 Å². The van der Waals surface area contributed by atoms with Crippen molar-refractivity contribution in [3.63, 3.8) is 0 Å². The van der Waals surface area contributed by atoms with Gasteiger partial charge in [0.25, 0.3) is 0 Å². The lowest BCUT2D eigenvalue weighted by Gasteiger charge is -2.10. The minimum atomic E-state index is -4.16. The largest absolute Gasteiger partial charge is 0.481 e. The first kappa shape index (κ1) is 10.3. The minimum absolute atomic E-state index is 0.0736. The Morgan fingerprint density at radius 2 is 1.92 bits per heavy atom. The molecule has 0 bridgehead atoms. The van der Waals surface area contributed by atoms with Crippen LogP contribution in [0.2, 0.25) is 0 Å². The standard InChI is InChI=1S/C8H11F3O2/c9-8(10,11)3-1-2-7(4-5-7)6(12)13/h1-5H2,(H,12,13). The van der Waals surface area contributed by atoms with Crippen molar-refractivity contribution in [3.8, 4) is 0 Å². The van der Waals surface area contributed by atoms with Crippen molar-refractivity contribution in [2.75, 3.05) is 0 Å². The molecule has 0 spiro atoms. The van der Waals surface area contributed by atoms with Crippen LogP contribution >= 0.6 is 0 Å². The summed E-state index contributed by atoms with van der Waals surface area (Å²) >= 11 is 0. The van der Waals surface area contributed by atoms with Crippen LogP contribution in [-0.2, 0) is 4.79 Å². The SMILES string of the molecule is O=C(O)C1(CCCC(F)(F)F)CC1. The van der Waals surface area contributed by atoms with Gasteiger partial charge in [-0.15, -0.1) is 0 Å². The highest BCUT2D eigenvalue weighted by atomic mass is 19.4. The molecule has 0 amide bonds. The second-order valence-corrected chi connectivity index (χ2v) is 3.55. The normalized spacial score (nSPS) is 19.9. The molecule has 1 rings (SSSR count). The first-order chi connectivity index (χ1) is 5.86. The van der Waals surface area contributed by atoms with E-state index in [4.69, 9.17) is 5.11 Å². The quantitative estimate of drug-likeness (QED) is 0.750. The van der Waals surface area contributed by atoms with Crippen LogP contribution in [-0.4, -0.2) is 17.3 Å². The number of hydrogen-bond donors (Lipinski definition) is 1. The molecule has 13 heavy (non-hydrogen) atoms. The summed E-state index contributed by atoms with van der Waals surface area (Å²) in [5, 5.41) is 8.65. The van der Waals surface area contributed by atoms with Crippen LogP contribution in [0.25, 0.3) is 0 Å². The zero-order valence-corrected chi connectivity index (χ0v) is 7.02. The fourth-order valence-corrected chi connectivity index (χ4v) is 1.35. The number of rotatable bonds is 4. The average Bonchev–Trinajstić information content (AvgIpc) is 2.65. The Morgan fingerprint density at radius 1 is 1.38 bits per heavy atom. The predicted molar refractivity (Wildman–Crippen MR) is 39.2 cm³/mol. The van der Waals surface area contributed by atoms with Crippen LogP contribution in [0.15, 0.2) is 0 Å². The van der Waals surface area contributed by atoms with Crippen LogP contribution < -0.4 is 0 Å². The monoisotopic (exact) mass is 196 g/mol. The average molecular weight is 196 g/mol. The molecule has 0 heterocycles. The summed E-state index contributed by atoms with van der Waals surface area (Å²) in [5.41, 5.74) is -0.814. The Kier molecular flexibility index (Phi) is 2.54. The Hall–Kier alpha value is -0.740. The summed E-state index contributed by atoms with van der Waals surface area (Å²) in [4.78, 5) is 10.6. The molecule has 2 nitrogen and oxygen atoms in total. The van der Waals surface area contributed by atoms with Gasteiger partial charge in [-0.05, 0) is 25.7 Å². The van der Waals surface area contributed by atoms with Crippen LogP contribution in [0.4, 0.5) is 13.2 Å². The molecule has 0 saturated heterocycles. The van der Waals surface area contributed by atoms with Gasteiger partial charge in [-0.25, -0.2) is 0 Å². The zero-order chi connectivity index (χ0) is 10.1. The molecule has 0 atom stereocenters. The van der Waals surface area contributed by atoms with Crippen molar-refractivity contribution in [2.24, 2.45) is 5.41 Å². The molecule has 0 aromatic rings. The third-order valence-corrected chi connectivity index (χ3v) is 2.42. The lowest BCUT2D eigenvalue weighted by Crippen LogP contribution is -2.16. The number of carboxylic acids is 1. The van der Waals surface area contributed by atoms with Crippen molar-refractivity contribution >= 4 is 5.97 Å². The van der Waals surface area contributed by atoms with E-state index in [0.717, 1.165) is 0 Å². The first-order valence-corrected chi connectivity index (χ1v) is 4.16. The lowest BCUT2D eigenvalue weighted by atomic mass is 9.99. The topological polar surface area (TPSA) is 37.3 Å². The summed E-state index contributed by atoms with van der Waals surface area (Å²) in [5.74, 6) is -0.949. The molecule has 0 radical (unpaired) electrons. The van der Waals surface area contributed by atoms with Crippen molar-refractivity contribution in [1.82, 2.24) is 0 Å². The number of carbonyl (C=O) groups is 1. The van der Waals surface area contributed by atoms with Gasteiger partial charge in [0.05, 0.1) is 5.41 Å². The van der Waals surface area contributed by atoms with Crippen LogP contribution in [0, 0.1) is 5.41 Å². The van der Waals surface area contributed by atoms with E-state index >= 15 is 0 Å². The maximum absolute atomic E-state index is 11.7. The maximum atomic E-state index is 11.7. The van der Waals surface area contributed by atoms with Crippen molar-refractivity contribution in [1.29, 1.82) is 0 Å². The van der Waals surface area contributed by atoms with Gasteiger partial charge in [-0.2, -0.15) is 13.2 Å². The second-order valence-electron chi connectivity index (χ2n) is 3.55. The van der Waals surface area contributed by atoms with Gasteiger partial charge in [-0.1, -0.05) is 0 Å². The number of alkyl halides is 3. The molecule has 1 fully saturated rings. The Labute approximate surface area is 73.7 Å². The van der Waals surface area contributed by atoms with Crippen LogP contribution in [0.1, 0.15) is 32.1 Å². The molecule has 76 valence electrons. The van der Waals surface area contributed by atoms with E-state index in [1.807, 2.05) is 0 Å². The van der Waals surface area contributed by atoms with Crippen molar-refractivity contribution in [3.05, 3.63) is 0 Å². The van der Waals surface area contributed by atoms with Gasteiger partial charge >= 0.3 is 12.1 Å². The van der Waals surface area contributed by atoms with E-state index < -0.39 is 24.0 Å². The molecule has 5 heteroatoms. The summed E-state index contributed by atoms with van der Waals surface area (Å²) < 4.78 is 35.1. The van der Waals surface area contributed by atoms with Crippen LogP contribution in [0.3, 0.4) is 0 Å². The third kappa shape index (κ3) is 2.90. The highest BCUT2D eigenvalue weighted by Gasteiger charge is 2.49. The first-order valence-electron chi connectivity index (χ1n) is 4.16. The van der Waals surface area contributed by atoms with Gasteiger partial charge in [0.1, 0.15) is 0 Å². The Balaban J connectivity index is 2.24. The molecule has 0 unspecified atom stereocenters. The van der Waals surface area contributed by atoms with Crippen molar-refractivity contribution in [2.45, 2.75) is 38.3 Å². The number of hydrogen-bond acceptors (Lipinski definition) is 1. The number of aliphatic carboxylic acids is 1. The zero-order valence-electron chi connectivity index (χ0n) is 7.02. The lowest BCUT2D eigenvalue weighted by molar-refractivity contribution is -0.146. The van der Waals surface area contributed by atoms with Gasteiger partial charge in [-0.3, -0.25) is 4.79 Å². The summed E-state index contributed by atoms with van der Waals surface area (Å²) in [6.07, 6.45) is -3.89. The smallest absolute Gasteiger partial charge is 0.389 e. The molecule has 0 aromatic carbocycles. The number of halogens is 3. The van der Waals surface area contributed by atoms with E-state index in [1.165, 1.54) is 0 Å². The van der Waals surface area contributed by atoms with E-state index in [9.17, 15) is 18.0 Å². The second kappa shape index (κ2) is 3.20. The Bertz CT molecular complexity index is 206. The van der Waals surface area contributed by atoms with Gasteiger partial charge in [0, 0.05) is 6.42 Å². The fraction of sp³-hybridized carbons (Fsp3) is 0.875. The molecule has 0 aliphatic heterocycles. The highest BCUT2D eigenvalue weighted by molar-refractivity contribution is 5.77. The van der Waals surface area contributed by atoms with E-state index in [0.29, 0.717) is 12.8 Å². The van der Waals surface area contributed by atoms with E-state index in [-0.39, 0.29) is 12.8 Å². The van der Waals surface area contributed by atoms with Crippen LogP contribution in [0.5, 0.6) is 0 Å². The third-order valence-electron chi connectivity index (χ3n) is 2.42. The Morgan fingerprint density at radius 3 is 2.23 bits per heavy atom. The highest BCUT2D eigenvalue weighted by Crippen LogP contribution is 2.50. The molecular weight excluding hydrogens is 185 g/mol. The number of carboxylic acid groups (broad SMARTS) is 1. The molecular formula is C8H11F3O2. The molecule has 0 aromatic heterocycles. The van der Waals surface area contributed by atoms with Gasteiger partial charge in [0.15, 0.2) is 0 Å². The van der Waals surface area contributed by atoms with E-state index in [1.54, 1.807) is 0 Å². The maximum Gasteiger partial charge on any atom is 0.389 e. The molecule has 1 saturated carbocycles. The predicted octanol–water partition coefficient (Wildman–Crippen LogP) is 2.58. The molecule has 1 N–H and O–H groups in total. The fourth-order valence-electron chi connectivity index (χ4n) is 1.35. The summed E-state index contributed by atoms with van der Waals surface area (Å²) in [7, 11) is 0. The van der Waals surface area contributed by atoms with Crippen molar-refractivity contribution < 1.29 is 23.1 Å².